The second-order valence-electron chi connectivity index (χ2n) is 8.30. The third kappa shape index (κ3) is 4.40. The molecule has 5 nitrogen and oxygen atoms in total. The van der Waals surface area contributed by atoms with Gasteiger partial charge in [-0.1, -0.05) is 83.1 Å². The molecule has 0 unspecified atom stereocenters. The average Bonchev–Trinajstić information content (AvgIpc) is 3.25. The molecule has 34 heavy (non-hydrogen) atoms. The molecule has 3 aromatic carbocycles. The molecule has 168 valence electrons. The average molecular weight is 466 g/mol. The highest BCUT2D eigenvalue weighted by Crippen LogP contribution is 2.39. The minimum absolute atomic E-state index is 0.0577. The summed E-state index contributed by atoms with van der Waals surface area (Å²) in [6.45, 7) is 4.20. The van der Waals surface area contributed by atoms with E-state index in [-0.39, 0.29) is 17.9 Å². The summed E-state index contributed by atoms with van der Waals surface area (Å²) in [7, 11) is 0. The number of para-hydroxylation sites is 1. The van der Waals surface area contributed by atoms with Gasteiger partial charge < -0.3 is 9.88 Å². The Balaban J connectivity index is 1.47. The number of aryl methyl sites for hydroxylation is 2. The highest BCUT2D eigenvalue weighted by molar-refractivity contribution is 7.19. The fourth-order valence-corrected chi connectivity index (χ4v) is 4.90. The van der Waals surface area contributed by atoms with Crippen molar-refractivity contribution in [3.63, 3.8) is 0 Å². The number of nitrogens with one attached hydrogen (secondary N) is 1. The maximum atomic E-state index is 12.9. The van der Waals surface area contributed by atoms with E-state index in [9.17, 15) is 9.59 Å². The molecule has 0 aliphatic carbocycles. The van der Waals surface area contributed by atoms with Gasteiger partial charge in [0, 0.05) is 23.2 Å². The Labute approximate surface area is 201 Å². The van der Waals surface area contributed by atoms with Crippen molar-refractivity contribution in [3.05, 3.63) is 106 Å². The van der Waals surface area contributed by atoms with Crippen LogP contribution in [-0.4, -0.2) is 15.5 Å². The van der Waals surface area contributed by atoms with Crippen molar-refractivity contribution in [2.75, 3.05) is 5.32 Å². The fraction of sp³-hybridized carbons (Fsp3) is 0.107. The van der Waals surface area contributed by atoms with Crippen LogP contribution in [0.3, 0.4) is 0 Å². The fourth-order valence-electron chi connectivity index (χ4n) is 3.89. The van der Waals surface area contributed by atoms with Crippen LogP contribution >= 0.6 is 11.3 Å². The molecule has 0 radical (unpaired) electrons. The van der Waals surface area contributed by atoms with Crippen molar-refractivity contribution in [1.82, 2.24) is 9.55 Å². The maximum Gasteiger partial charge on any atom is 0.246 e. The van der Waals surface area contributed by atoms with Crippen LogP contribution < -0.4 is 10.7 Å². The molecular weight excluding hydrogens is 442 g/mol. The van der Waals surface area contributed by atoms with Crippen LogP contribution in [-0.2, 0) is 11.3 Å². The van der Waals surface area contributed by atoms with Gasteiger partial charge >= 0.3 is 0 Å². The van der Waals surface area contributed by atoms with Crippen molar-refractivity contribution in [1.29, 1.82) is 0 Å². The Morgan fingerprint density at radius 1 is 0.882 bits per heavy atom. The normalized spacial score (nSPS) is 11.0. The zero-order chi connectivity index (χ0) is 23.7. The predicted molar refractivity (Wildman–Crippen MR) is 139 cm³/mol. The molecule has 2 heterocycles. The predicted octanol–water partition coefficient (Wildman–Crippen LogP) is 6.05. The van der Waals surface area contributed by atoms with Gasteiger partial charge in [0.15, 0.2) is 10.6 Å². The van der Waals surface area contributed by atoms with Crippen molar-refractivity contribution in [2.45, 2.75) is 20.4 Å². The number of fused-ring (bicyclic) bond motifs is 1. The number of thiazole rings is 1. The van der Waals surface area contributed by atoms with Crippen LogP contribution in [0.25, 0.3) is 32.6 Å². The summed E-state index contributed by atoms with van der Waals surface area (Å²) in [5, 5.41) is 4.10. The molecular formula is C28H23N3O2S. The number of aromatic nitrogens is 2. The Kier molecular flexibility index (Phi) is 5.82. The van der Waals surface area contributed by atoms with Crippen LogP contribution in [0.1, 0.15) is 11.1 Å². The topological polar surface area (TPSA) is 64.0 Å². The largest absolute Gasteiger partial charge is 0.338 e. The third-order valence-electron chi connectivity index (χ3n) is 5.71. The lowest BCUT2D eigenvalue weighted by Crippen LogP contribution is -2.20. The van der Waals surface area contributed by atoms with Crippen LogP contribution in [0.5, 0.6) is 0 Å². The number of hydrogen-bond donors (Lipinski definition) is 1. The number of rotatable bonds is 5. The minimum Gasteiger partial charge on any atom is -0.338 e. The molecule has 0 spiro atoms. The summed E-state index contributed by atoms with van der Waals surface area (Å²) in [5.74, 6) is -0.200. The monoisotopic (exact) mass is 465 g/mol. The number of amides is 1. The van der Waals surface area contributed by atoms with Gasteiger partial charge in [0.1, 0.15) is 6.54 Å². The lowest BCUT2D eigenvalue weighted by atomic mass is 10.0. The van der Waals surface area contributed by atoms with E-state index in [1.165, 1.54) is 28.5 Å². The van der Waals surface area contributed by atoms with E-state index in [2.05, 4.69) is 67.7 Å². The number of benzene rings is 3. The standard InChI is InChI=1S/C28H23N3O2S/c1-18-7-11-20(12-8-18)26-27(21-13-9-19(2)10-14-21)34-28(30-26)29-25(33)17-31-16-15-24(32)22-5-3-4-6-23(22)31/h3-16H,17H2,1-2H3,(H,29,30,33). The van der Waals surface area contributed by atoms with Gasteiger partial charge in [-0.3, -0.25) is 9.59 Å². The molecule has 0 aliphatic rings. The number of nitrogens with zero attached hydrogens (tertiary/aromatic N) is 2. The van der Waals surface area contributed by atoms with Crippen LogP contribution in [0.2, 0.25) is 0 Å². The molecule has 0 saturated heterocycles. The number of carbonyl (C=O) groups is 1. The van der Waals surface area contributed by atoms with Gasteiger partial charge in [0.25, 0.3) is 0 Å². The lowest BCUT2D eigenvalue weighted by molar-refractivity contribution is -0.116. The Hall–Kier alpha value is -4.03. The molecule has 1 amide bonds. The van der Waals surface area contributed by atoms with Crippen molar-refractivity contribution >= 4 is 33.3 Å². The lowest BCUT2D eigenvalue weighted by Gasteiger charge is -2.09. The van der Waals surface area contributed by atoms with Crippen LogP contribution in [0.15, 0.2) is 89.9 Å². The third-order valence-corrected chi connectivity index (χ3v) is 6.73. The van der Waals surface area contributed by atoms with E-state index in [1.54, 1.807) is 16.8 Å². The SMILES string of the molecule is Cc1ccc(-c2nc(NC(=O)Cn3ccc(=O)c4ccccc43)sc2-c2ccc(C)cc2)cc1. The molecule has 5 aromatic rings. The molecule has 5 rings (SSSR count). The van der Waals surface area contributed by atoms with Crippen molar-refractivity contribution in [3.8, 4) is 21.7 Å². The first-order valence-electron chi connectivity index (χ1n) is 11.0. The van der Waals surface area contributed by atoms with E-state index in [4.69, 9.17) is 4.98 Å². The summed E-state index contributed by atoms with van der Waals surface area (Å²) in [6, 6.07) is 25.3. The smallest absolute Gasteiger partial charge is 0.246 e. The number of carbonyl (C=O) groups excluding carboxylic acids is 1. The zero-order valence-corrected chi connectivity index (χ0v) is 19.7. The summed E-state index contributed by atoms with van der Waals surface area (Å²) in [5.41, 5.74) is 5.94. The summed E-state index contributed by atoms with van der Waals surface area (Å²) >= 11 is 1.46. The minimum atomic E-state index is -0.200. The summed E-state index contributed by atoms with van der Waals surface area (Å²) < 4.78 is 1.78. The first-order valence-corrected chi connectivity index (χ1v) is 11.8. The number of pyridine rings is 1. The first-order chi connectivity index (χ1) is 16.5. The van der Waals surface area contributed by atoms with Crippen molar-refractivity contribution in [2.24, 2.45) is 0 Å². The highest BCUT2D eigenvalue weighted by atomic mass is 32.1. The summed E-state index contributed by atoms with van der Waals surface area (Å²) in [4.78, 5) is 30.9. The molecule has 0 atom stereocenters. The Morgan fingerprint density at radius 2 is 1.53 bits per heavy atom. The van der Waals surface area contributed by atoms with Gasteiger partial charge in [-0.25, -0.2) is 4.98 Å². The van der Waals surface area contributed by atoms with E-state index in [1.807, 2.05) is 18.2 Å². The van der Waals surface area contributed by atoms with E-state index in [0.29, 0.717) is 10.5 Å². The van der Waals surface area contributed by atoms with Gasteiger partial charge in [-0.05, 0) is 31.5 Å². The summed E-state index contributed by atoms with van der Waals surface area (Å²) in [6.07, 6.45) is 1.65. The maximum absolute atomic E-state index is 12.9. The zero-order valence-electron chi connectivity index (χ0n) is 18.9. The quantitative estimate of drug-likeness (QED) is 0.344. The Morgan fingerprint density at radius 3 is 2.24 bits per heavy atom. The highest BCUT2D eigenvalue weighted by Gasteiger charge is 2.17. The van der Waals surface area contributed by atoms with E-state index in [0.717, 1.165) is 27.2 Å². The first kappa shape index (κ1) is 21.8. The van der Waals surface area contributed by atoms with Crippen LogP contribution in [0, 0.1) is 13.8 Å². The number of hydrogen-bond acceptors (Lipinski definition) is 4. The van der Waals surface area contributed by atoms with E-state index >= 15 is 0 Å². The second-order valence-corrected chi connectivity index (χ2v) is 9.30. The molecule has 0 aliphatic heterocycles. The molecule has 2 aromatic heterocycles. The molecule has 0 fully saturated rings. The molecule has 6 heteroatoms. The number of anilines is 1. The van der Waals surface area contributed by atoms with Gasteiger partial charge in [-0.2, -0.15) is 0 Å². The molecule has 0 bridgehead atoms. The van der Waals surface area contributed by atoms with Crippen LogP contribution in [0.4, 0.5) is 5.13 Å². The molecule has 1 N–H and O–H groups in total. The van der Waals surface area contributed by atoms with E-state index < -0.39 is 0 Å². The van der Waals surface area contributed by atoms with Gasteiger partial charge in [-0.15, -0.1) is 0 Å². The second kappa shape index (κ2) is 9.08. The molecule has 0 saturated carbocycles. The van der Waals surface area contributed by atoms with Gasteiger partial charge in [0.2, 0.25) is 5.91 Å². The van der Waals surface area contributed by atoms with Gasteiger partial charge in [0.05, 0.1) is 16.1 Å². The Bertz CT molecular complexity index is 1480. The van der Waals surface area contributed by atoms with Crippen molar-refractivity contribution < 1.29 is 4.79 Å².